The standard InChI is InChI=1S/C22H21Si/c1-23(2)22(20-16-10-5-11-17-20)21(18-12-6-3-7-13-18)19-14-8-4-9-15-19/h3-17H,1-2H3. The van der Waals surface area contributed by atoms with Crippen LogP contribution in [0.1, 0.15) is 16.7 Å². The van der Waals surface area contributed by atoms with Gasteiger partial charge in [0.15, 0.2) is 0 Å². The van der Waals surface area contributed by atoms with Gasteiger partial charge < -0.3 is 0 Å². The summed E-state index contributed by atoms with van der Waals surface area (Å²) in [6.07, 6.45) is 0. The normalized spacial score (nSPS) is 10.6. The highest BCUT2D eigenvalue weighted by molar-refractivity contribution is 6.79. The van der Waals surface area contributed by atoms with Gasteiger partial charge in [-0.15, -0.1) is 0 Å². The lowest BCUT2D eigenvalue weighted by atomic mass is 9.95. The first-order valence-electron chi connectivity index (χ1n) is 7.98. The molecule has 1 radical (unpaired) electrons. The molecule has 0 N–H and O–H groups in total. The second-order valence-corrected chi connectivity index (χ2v) is 8.35. The van der Waals surface area contributed by atoms with E-state index in [0.717, 1.165) is 0 Å². The van der Waals surface area contributed by atoms with Crippen LogP contribution in [-0.2, 0) is 0 Å². The van der Waals surface area contributed by atoms with Crippen LogP contribution in [0.5, 0.6) is 0 Å². The van der Waals surface area contributed by atoms with E-state index < -0.39 is 8.80 Å². The van der Waals surface area contributed by atoms with Gasteiger partial charge in [-0.05, 0) is 27.5 Å². The van der Waals surface area contributed by atoms with Crippen LogP contribution in [0, 0.1) is 0 Å². The van der Waals surface area contributed by atoms with Gasteiger partial charge in [-0.3, -0.25) is 0 Å². The predicted octanol–water partition coefficient (Wildman–Crippen LogP) is 5.94. The van der Waals surface area contributed by atoms with E-state index in [1.54, 1.807) is 0 Å². The van der Waals surface area contributed by atoms with Crippen LogP contribution in [0.15, 0.2) is 91.0 Å². The SMILES string of the molecule is C[Si](C)C(=C(c1ccccc1)c1ccccc1)c1ccccc1. The highest BCUT2D eigenvalue weighted by Gasteiger charge is 2.17. The van der Waals surface area contributed by atoms with Gasteiger partial charge in [-0.2, -0.15) is 0 Å². The summed E-state index contributed by atoms with van der Waals surface area (Å²) in [5.41, 5.74) is 5.30. The third-order valence-corrected chi connectivity index (χ3v) is 5.48. The zero-order valence-corrected chi connectivity index (χ0v) is 14.7. The summed E-state index contributed by atoms with van der Waals surface area (Å²) in [5.74, 6) is 0. The Labute approximate surface area is 140 Å². The van der Waals surface area contributed by atoms with Crippen LogP contribution in [0.25, 0.3) is 10.8 Å². The van der Waals surface area contributed by atoms with Crippen molar-refractivity contribution in [3.63, 3.8) is 0 Å². The van der Waals surface area contributed by atoms with E-state index in [9.17, 15) is 0 Å². The lowest BCUT2D eigenvalue weighted by Gasteiger charge is -2.19. The number of hydrogen-bond acceptors (Lipinski definition) is 0. The maximum atomic E-state index is 2.37. The molecular formula is C22H21Si. The van der Waals surface area contributed by atoms with Gasteiger partial charge in [0.2, 0.25) is 0 Å². The molecule has 0 spiro atoms. The Morgan fingerprint density at radius 3 is 1.22 bits per heavy atom. The van der Waals surface area contributed by atoms with E-state index in [1.165, 1.54) is 27.5 Å². The zero-order chi connectivity index (χ0) is 16.1. The first-order chi connectivity index (χ1) is 11.3. The molecule has 113 valence electrons. The Balaban J connectivity index is 2.32. The van der Waals surface area contributed by atoms with Crippen LogP contribution in [-0.4, -0.2) is 8.80 Å². The Morgan fingerprint density at radius 1 is 0.522 bits per heavy atom. The van der Waals surface area contributed by atoms with Gasteiger partial charge in [-0.1, -0.05) is 104 Å². The van der Waals surface area contributed by atoms with Gasteiger partial charge in [0.25, 0.3) is 0 Å². The minimum absolute atomic E-state index is 0.639. The van der Waals surface area contributed by atoms with Gasteiger partial charge in [0.05, 0.1) is 8.80 Å². The maximum absolute atomic E-state index is 2.37. The van der Waals surface area contributed by atoms with E-state index in [1.807, 2.05) is 0 Å². The summed E-state index contributed by atoms with van der Waals surface area (Å²) >= 11 is 0. The first-order valence-corrected chi connectivity index (χ1v) is 10.5. The molecule has 0 aliphatic rings. The molecule has 3 aromatic carbocycles. The maximum Gasteiger partial charge on any atom is 0.0808 e. The Morgan fingerprint density at radius 2 is 0.870 bits per heavy atom. The van der Waals surface area contributed by atoms with Gasteiger partial charge >= 0.3 is 0 Å². The van der Waals surface area contributed by atoms with Crippen molar-refractivity contribution < 1.29 is 0 Å². The van der Waals surface area contributed by atoms with Gasteiger partial charge in [0.1, 0.15) is 0 Å². The number of benzene rings is 3. The summed E-state index contributed by atoms with van der Waals surface area (Å²) in [5, 5.41) is 1.49. The van der Waals surface area contributed by atoms with Crippen molar-refractivity contribution in [2.75, 3.05) is 0 Å². The lowest BCUT2D eigenvalue weighted by Crippen LogP contribution is -2.09. The molecule has 0 amide bonds. The largest absolute Gasteiger partial charge is 0.0808 e. The fraction of sp³-hybridized carbons (Fsp3) is 0.0909. The van der Waals surface area contributed by atoms with Crippen LogP contribution < -0.4 is 0 Å². The van der Waals surface area contributed by atoms with Crippen LogP contribution in [0.2, 0.25) is 13.1 Å². The number of rotatable bonds is 4. The van der Waals surface area contributed by atoms with Crippen LogP contribution in [0.4, 0.5) is 0 Å². The molecule has 3 aromatic rings. The summed E-state index contributed by atoms with van der Waals surface area (Å²) in [7, 11) is -0.639. The van der Waals surface area contributed by atoms with Crippen molar-refractivity contribution >= 4 is 19.6 Å². The summed E-state index contributed by atoms with van der Waals surface area (Å²) in [6.45, 7) is 4.75. The Kier molecular flexibility index (Phi) is 4.89. The molecule has 0 saturated heterocycles. The summed E-state index contributed by atoms with van der Waals surface area (Å²) < 4.78 is 0. The van der Waals surface area contributed by atoms with Crippen LogP contribution in [0.3, 0.4) is 0 Å². The third-order valence-electron chi connectivity index (χ3n) is 3.94. The van der Waals surface area contributed by atoms with Gasteiger partial charge in [0, 0.05) is 0 Å². The van der Waals surface area contributed by atoms with Gasteiger partial charge in [-0.25, -0.2) is 0 Å². The highest BCUT2D eigenvalue weighted by Crippen LogP contribution is 2.33. The van der Waals surface area contributed by atoms with Crippen molar-refractivity contribution in [3.05, 3.63) is 108 Å². The summed E-state index contributed by atoms with van der Waals surface area (Å²) in [6, 6.07) is 32.4. The first kappa shape index (κ1) is 15.5. The minimum Gasteiger partial charge on any atom is -0.0670 e. The minimum atomic E-state index is -0.639. The molecule has 0 bridgehead atoms. The second kappa shape index (κ2) is 7.25. The van der Waals surface area contributed by atoms with E-state index in [2.05, 4.69) is 104 Å². The molecule has 3 rings (SSSR count). The second-order valence-electron chi connectivity index (χ2n) is 5.85. The molecular weight excluding hydrogens is 292 g/mol. The molecule has 0 aliphatic heterocycles. The topological polar surface area (TPSA) is 0 Å². The summed E-state index contributed by atoms with van der Waals surface area (Å²) in [4.78, 5) is 0. The molecule has 0 saturated carbocycles. The van der Waals surface area contributed by atoms with E-state index >= 15 is 0 Å². The predicted molar refractivity (Wildman–Crippen MR) is 103 cm³/mol. The zero-order valence-electron chi connectivity index (χ0n) is 13.7. The average molecular weight is 313 g/mol. The molecule has 0 fully saturated rings. The van der Waals surface area contributed by atoms with Crippen molar-refractivity contribution in [2.45, 2.75) is 13.1 Å². The highest BCUT2D eigenvalue weighted by atomic mass is 28.3. The molecule has 0 nitrogen and oxygen atoms in total. The lowest BCUT2D eigenvalue weighted by molar-refractivity contribution is 1.54. The Bertz CT molecular complexity index is 730. The number of hydrogen-bond donors (Lipinski definition) is 0. The molecule has 1 heteroatoms. The molecule has 0 aromatic heterocycles. The molecule has 0 aliphatic carbocycles. The molecule has 23 heavy (non-hydrogen) atoms. The van der Waals surface area contributed by atoms with Crippen LogP contribution >= 0.6 is 0 Å². The average Bonchev–Trinajstić information content (AvgIpc) is 2.61. The fourth-order valence-electron chi connectivity index (χ4n) is 2.95. The fourth-order valence-corrected chi connectivity index (χ4v) is 4.49. The smallest absolute Gasteiger partial charge is 0.0670 e. The van der Waals surface area contributed by atoms with Crippen molar-refractivity contribution in [3.8, 4) is 0 Å². The van der Waals surface area contributed by atoms with Crippen molar-refractivity contribution in [1.82, 2.24) is 0 Å². The van der Waals surface area contributed by atoms with E-state index in [0.29, 0.717) is 0 Å². The van der Waals surface area contributed by atoms with Crippen molar-refractivity contribution in [2.24, 2.45) is 0 Å². The molecule has 0 heterocycles. The third kappa shape index (κ3) is 3.52. The van der Waals surface area contributed by atoms with Crippen molar-refractivity contribution in [1.29, 1.82) is 0 Å². The molecule has 0 unspecified atom stereocenters. The molecule has 0 atom stereocenters. The monoisotopic (exact) mass is 313 g/mol. The van der Waals surface area contributed by atoms with E-state index in [4.69, 9.17) is 0 Å². The van der Waals surface area contributed by atoms with E-state index in [-0.39, 0.29) is 0 Å². The quantitative estimate of drug-likeness (QED) is 0.413. The Hall–Kier alpha value is -2.38.